The van der Waals surface area contributed by atoms with Gasteiger partial charge in [0.15, 0.2) is 5.65 Å². The number of nitrogens with zero attached hydrogens (tertiary/aromatic N) is 3. The molecule has 0 aromatic carbocycles. The molecule has 1 unspecified atom stereocenters. The number of rotatable bonds is 2. The summed E-state index contributed by atoms with van der Waals surface area (Å²) in [7, 11) is 0. The SMILES string of the molecule is CC(C1CCOCC1)n1c(N)nc2cc(Br)cnc21. The number of imidazole rings is 1. The molecule has 0 amide bonds. The Morgan fingerprint density at radius 3 is 2.95 bits per heavy atom. The summed E-state index contributed by atoms with van der Waals surface area (Å²) < 4.78 is 8.40. The Bertz CT molecular complexity index is 592. The maximum atomic E-state index is 6.08. The molecule has 2 aromatic rings. The Morgan fingerprint density at radius 2 is 2.21 bits per heavy atom. The van der Waals surface area contributed by atoms with Crippen LogP contribution in [-0.4, -0.2) is 27.7 Å². The third kappa shape index (κ3) is 2.34. The number of halogens is 1. The fourth-order valence-electron chi connectivity index (χ4n) is 2.79. The summed E-state index contributed by atoms with van der Waals surface area (Å²) in [5, 5.41) is 0. The number of hydrogen-bond donors (Lipinski definition) is 1. The van der Waals surface area contributed by atoms with Crippen molar-refractivity contribution in [2.24, 2.45) is 5.92 Å². The maximum absolute atomic E-state index is 6.08. The molecule has 0 radical (unpaired) electrons. The summed E-state index contributed by atoms with van der Waals surface area (Å²) in [6, 6.07) is 2.24. The molecule has 2 aromatic heterocycles. The summed E-state index contributed by atoms with van der Waals surface area (Å²) >= 11 is 3.41. The monoisotopic (exact) mass is 324 g/mol. The van der Waals surface area contributed by atoms with E-state index in [0.29, 0.717) is 17.9 Å². The zero-order valence-corrected chi connectivity index (χ0v) is 12.4. The van der Waals surface area contributed by atoms with Gasteiger partial charge in [-0.15, -0.1) is 0 Å². The van der Waals surface area contributed by atoms with Crippen molar-refractivity contribution < 1.29 is 4.74 Å². The van der Waals surface area contributed by atoms with Crippen molar-refractivity contribution in [1.82, 2.24) is 14.5 Å². The second kappa shape index (κ2) is 5.09. The van der Waals surface area contributed by atoms with E-state index in [4.69, 9.17) is 10.5 Å². The van der Waals surface area contributed by atoms with Crippen molar-refractivity contribution in [3.05, 3.63) is 16.7 Å². The molecule has 5 nitrogen and oxygen atoms in total. The van der Waals surface area contributed by atoms with E-state index in [1.165, 1.54) is 0 Å². The normalized spacial score (nSPS) is 18.8. The van der Waals surface area contributed by atoms with Gasteiger partial charge in [0.05, 0.1) is 0 Å². The first-order valence-corrected chi connectivity index (χ1v) is 7.33. The van der Waals surface area contributed by atoms with Crippen LogP contribution in [0.2, 0.25) is 0 Å². The number of nitrogens with two attached hydrogens (primary N) is 1. The molecule has 1 atom stereocenters. The zero-order chi connectivity index (χ0) is 13.4. The Morgan fingerprint density at radius 1 is 1.47 bits per heavy atom. The average molecular weight is 325 g/mol. The lowest BCUT2D eigenvalue weighted by molar-refractivity contribution is 0.0521. The molecule has 1 aliphatic heterocycles. The molecular formula is C13H17BrN4O. The van der Waals surface area contributed by atoms with Crippen LogP contribution in [0.1, 0.15) is 25.8 Å². The first kappa shape index (κ1) is 12.9. The predicted molar refractivity (Wildman–Crippen MR) is 77.9 cm³/mol. The summed E-state index contributed by atoms with van der Waals surface area (Å²) in [6.07, 6.45) is 3.92. The van der Waals surface area contributed by atoms with Gasteiger partial charge in [-0.25, -0.2) is 9.97 Å². The van der Waals surface area contributed by atoms with Gasteiger partial charge >= 0.3 is 0 Å². The fraction of sp³-hybridized carbons (Fsp3) is 0.538. The van der Waals surface area contributed by atoms with Crippen molar-refractivity contribution in [3.63, 3.8) is 0 Å². The lowest BCUT2D eigenvalue weighted by Gasteiger charge is -2.29. The molecule has 1 fully saturated rings. The molecule has 1 aliphatic rings. The molecular weight excluding hydrogens is 308 g/mol. The highest BCUT2D eigenvalue weighted by Gasteiger charge is 2.25. The highest BCUT2D eigenvalue weighted by Crippen LogP contribution is 2.32. The van der Waals surface area contributed by atoms with Gasteiger partial charge in [-0.3, -0.25) is 4.57 Å². The molecule has 0 spiro atoms. The summed E-state index contributed by atoms with van der Waals surface area (Å²) in [5.41, 5.74) is 7.78. The van der Waals surface area contributed by atoms with Crippen LogP contribution in [-0.2, 0) is 4.74 Å². The van der Waals surface area contributed by atoms with Crippen LogP contribution in [0.4, 0.5) is 5.95 Å². The number of hydrogen-bond acceptors (Lipinski definition) is 4. The van der Waals surface area contributed by atoms with Crippen LogP contribution in [0.15, 0.2) is 16.7 Å². The number of fused-ring (bicyclic) bond motifs is 1. The molecule has 6 heteroatoms. The third-order valence-corrected chi connectivity index (χ3v) is 4.31. The van der Waals surface area contributed by atoms with Crippen LogP contribution in [0.25, 0.3) is 11.2 Å². The number of ether oxygens (including phenoxy) is 1. The van der Waals surface area contributed by atoms with Crippen molar-refractivity contribution in [1.29, 1.82) is 0 Å². The Kier molecular flexibility index (Phi) is 3.45. The van der Waals surface area contributed by atoms with Gasteiger partial charge in [0.25, 0.3) is 0 Å². The van der Waals surface area contributed by atoms with Crippen molar-refractivity contribution in [3.8, 4) is 0 Å². The number of nitrogen functional groups attached to an aromatic ring is 1. The molecule has 2 N–H and O–H groups in total. The average Bonchev–Trinajstić information content (AvgIpc) is 2.74. The molecule has 19 heavy (non-hydrogen) atoms. The van der Waals surface area contributed by atoms with Gasteiger partial charge in [-0.05, 0) is 47.7 Å². The Labute approximate surface area is 120 Å². The minimum Gasteiger partial charge on any atom is -0.381 e. The van der Waals surface area contributed by atoms with Crippen LogP contribution in [0.3, 0.4) is 0 Å². The van der Waals surface area contributed by atoms with E-state index in [-0.39, 0.29) is 0 Å². The molecule has 0 aliphatic carbocycles. The molecule has 102 valence electrons. The van der Waals surface area contributed by atoms with Gasteiger partial charge in [-0.1, -0.05) is 0 Å². The van der Waals surface area contributed by atoms with Crippen molar-refractivity contribution in [2.75, 3.05) is 18.9 Å². The van der Waals surface area contributed by atoms with Gasteiger partial charge in [0.1, 0.15) is 5.52 Å². The van der Waals surface area contributed by atoms with E-state index in [0.717, 1.165) is 41.7 Å². The Hall–Kier alpha value is -1.14. The zero-order valence-electron chi connectivity index (χ0n) is 10.8. The largest absolute Gasteiger partial charge is 0.381 e. The fourth-order valence-corrected chi connectivity index (χ4v) is 3.10. The Balaban J connectivity index is 2.01. The summed E-state index contributed by atoms with van der Waals surface area (Å²) in [4.78, 5) is 8.87. The van der Waals surface area contributed by atoms with E-state index >= 15 is 0 Å². The van der Waals surface area contributed by atoms with Crippen LogP contribution >= 0.6 is 15.9 Å². The number of pyridine rings is 1. The van der Waals surface area contributed by atoms with E-state index < -0.39 is 0 Å². The first-order valence-electron chi connectivity index (χ1n) is 6.53. The van der Waals surface area contributed by atoms with Gasteiger partial charge in [0.2, 0.25) is 5.95 Å². The van der Waals surface area contributed by atoms with Gasteiger partial charge in [-0.2, -0.15) is 0 Å². The van der Waals surface area contributed by atoms with E-state index in [1.54, 1.807) is 6.20 Å². The van der Waals surface area contributed by atoms with Gasteiger partial charge < -0.3 is 10.5 Å². The second-order valence-electron chi connectivity index (χ2n) is 5.03. The highest BCUT2D eigenvalue weighted by atomic mass is 79.9. The van der Waals surface area contributed by atoms with E-state index in [2.05, 4.69) is 37.4 Å². The quantitative estimate of drug-likeness (QED) is 0.922. The number of aromatic nitrogens is 3. The molecule has 0 bridgehead atoms. The van der Waals surface area contributed by atoms with E-state index in [1.807, 2.05) is 6.07 Å². The first-order chi connectivity index (χ1) is 9.16. The minimum absolute atomic E-state index is 0.294. The third-order valence-electron chi connectivity index (χ3n) is 3.88. The molecule has 3 rings (SSSR count). The summed E-state index contributed by atoms with van der Waals surface area (Å²) in [6.45, 7) is 3.86. The predicted octanol–water partition coefficient (Wildman–Crippen LogP) is 2.76. The summed E-state index contributed by atoms with van der Waals surface area (Å²) in [5.74, 6) is 1.11. The smallest absolute Gasteiger partial charge is 0.202 e. The van der Waals surface area contributed by atoms with Crippen LogP contribution in [0.5, 0.6) is 0 Å². The lowest BCUT2D eigenvalue weighted by Crippen LogP contribution is -2.25. The lowest BCUT2D eigenvalue weighted by atomic mass is 9.93. The molecule has 0 saturated carbocycles. The van der Waals surface area contributed by atoms with Crippen molar-refractivity contribution in [2.45, 2.75) is 25.8 Å². The number of anilines is 1. The van der Waals surface area contributed by atoms with Crippen LogP contribution < -0.4 is 5.73 Å². The second-order valence-corrected chi connectivity index (χ2v) is 5.94. The minimum atomic E-state index is 0.294. The van der Waals surface area contributed by atoms with Crippen molar-refractivity contribution >= 4 is 33.0 Å². The maximum Gasteiger partial charge on any atom is 0.202 e. The van der Waals surface area contributed by atoms with E-state index in [9.17, 15) is 0 Å². The molecule has 1 saturated heterocycles. The highest BCUT2D eigenvalue weighted by molar-refractivity contribution is 9.10. The standard InChI is InChI=1S/C13H17BrN4O/c1-8(9-2-4-19-5-3-9)18-12-11(17-13(18)15)6-10(14)7-16-12/h6-9H,2-5H2,1H3,(H2,15,17). The van der Waals surface area contributed by atoms with Crippen LogP contribution in [0, 0.1) is 5.92 Å². The van der Waals surface area contributed by atoms with Gasteiger partial charge in [0, 0.05) is 29.9 Å². The topological polar surface area (TPSA) is 66.0 Å². The molecule has 3 heterocycles.